The van der Waals surface area contributed by atoms with E-state index in [4.69, 9.17) is 10.5 Å². The van der Waals surface area contributed by atoms with E-state index in [-0.39, 0.29) is 11.3 Å². The van der Waals surface area contributed by atoms with Gasteiger partial charge < -0.3 is 20.5 Å². The standard InChI is InChI=1S/C13H13F3N2O5/c14-13(15,16)7-18-10(19)5-23-11(20)6-22-9-4-2-1-3-8(9)12(17)21/h1-4H,5-7H2,(H2,17,21)(H,18,19). The number of carbonyl (C=O) groups excluding carboxylic acids is 3. The van der Waals surface area contributed by atoms with Gasteiger partial charge in [-0.25, -0.2) is 4.79 Å². The molecule has 1 rings (SSSR count). The van der Waals surface area contributed by atoms with Gasteiger partial charge in [-0.15, -0.1) is 0 Å². The van der Waals surface area contributed by atoms with Crippen molar-refractivity contribution in [3.8, 4) is 5.75 Å². The zero-order valence-electron chi connectivity index (χ0n) is 11.7. The van der Waals surface area contributed by atoms with Gasteiger partial charge in [-0.1, -0.05) is 12.1 Å². The van der Waals surface area contributed by atoms with Gasteiger partial charge in [0.05, 0.1) is 5.56 Å². The van der Waals surface area contributed by atoms with E-state index in [1.54, 1.807) is 0 Å². The number of halogens is 3. The summed E-state index contributed by atoms with van der Waals surface area (Å²) in [6, 6.07) is 5.85. The number of benzene rings is 1. The Morgan fingerprint density at radius 2 is 1.78 bits per heavy atom. The molecule has 0 saturated carbocycles. The van der Waals surface area contributed by atoms with Gasteiger partial charge >= 0.3 is 12.1 Å². The van der Waals surface area contributed by atoms with Crippen LogP contribution < -0.4 is 15.8 Å². The second-order valence-corrected chi connectivity index (χ2v) is 4.20. The van der Waals surface area contributed by atoms with Gasteiger partial charge in [0.25, 0.3) is 11.8 Å². The SMILES string of the molecule is NC(=O)c1ccccc1OCC(=O)OCC(=O)NCC(F)(F)F. The van der Waals surface area contributed by atoms with Gasteiger partial charge in [0.1, 0.15) is 12.3 Å². The van der Waals surface area contributed by atoms with Gasteiger partial charge in [-0.2, -0.15) is 13.2 Å². The molecule has 0 radical (unpaired) electrons. The minimum atomic E-state index is -4.55. The Morgan fingerprint density at radius 1 is 1.13 bits per heavy atom. The highest BCUT2D eigenvalue weighted by atomic mass is 19.4. The van der Waals surface area contributed by atoms with E-state index in [1.807, 2.05) is 0 Å². The zero-order chi connectivity index (χ0) is 17.5. The average molecular weight is 334 g/mol. The number of nitrogens with two attached hydrogens (primary N) is 1. The lowest BCUT2D eigenvalue weighted by Crippen LogP contribution is -2.36. The number of esters is 1. The van der Waals surface area contributed by atoms with E-state index >= 15 is 0 Å². The Kier molecular flexibility index (Phi) is 6.36. The van der Waals surface area contributed by atoms with Crippen molar-refractivity contribution in [1.82, 2.24) is 5.32 Å². The van der Waals surface area contributed by atoms with Crippen LogP contribution in [0.4, 0.5) is 13.2 Å². The molecule has 10 heteroatoms. The van der Waals surface area contributed by atoms with Crippen LogP contribution in [0.1, 0.15) is 10.4 Å². The summed E-state index contributed by atoms with van der Waals surface area (Å²) >= 11 is 0. The Hall–Kier alpha value is -2.78. The van der Waals surface area contributed by atoms with Crippen molar-refractivity contribution in [3.05, 3.63) is 29.8 Å². The number of hydrogen-bond donors (Lipinski definition) is 2. The molecule has 0 aromatic heterocycles. The highest BCUT2D eigenvalue weighted by molar-refractivity contribution is 5.95. The quantitative estimate of drug-likeness (QED) is 0.701. The summed E-state index contributed by atoms with van der Waals surface area (Å²) in [7, 11) is 0. The molecule has 0 saturated heterocycles. The first kappa shape index (κ1) is 18.3. The van der Waals surface area contributed by atoms with Gasteiger partial charge in [0.15, 0.2) is 13.2 Å². The second kappa shape index (κ2) is 8.01. The summed E-state index contributed by atoms with van der Waals surface area (Å²) in [6.07, 6.45) is -4.55. The number of alkyl halides is 3. The van der Waals surface area contributed by atoms with Crippen LogP contribution in [0.15, 0.2) is 24.3 Å². The first-order valence-corrected chi connectivity index (χ1v) is 6.20. The third-order valence-electron chi connectivity index (χ3n) is 2.35. The number of para-hydroxylation sites is 1. The lowest BCUT2D eigenvalue weighted by atomic mass is 10.2. The Labute approximate surface area is 128 Å². The molecule has 0 aliphatic heterocycles. The molecule has 0 unspecified atom stereocenters. The topological polar surface area (TPSA) is 108 Å². The third-order valence-corrected chi connectivity index (χ3v) is 2.35. The molecule has 0 atom stereocenters. The number of hydrogen-bond acceptors (Lipinski definition) is 5. The maximum atomic E-state index is 11.8. The maximum absolute atomic E-state index is 11.8. The highest BCUT2D eigenvalue weighted by Crippen LogP contribution is 2.17. The Morgan fingerprint density at radius 3 is 2.39 bits per heavy atom. The molecule has 0 bridgehead atoms. The molecule has 7 nitrogen and oxygen atoms in total. The minimum absolute atomic E-state index is 0.0403. The van der Waals surface area contributed by atoms with Gasteiger partial charge in [-0.3, -0.25) is 9.59 Å². The number of ether oxygens (including phenoxy) is 2. The van der Waals surface area contributed by atoms with E-state index in [1.165, 1.54) is 29.6 Å². The van der Waals surface area contributed by atoms with Gasteiger partial charge in [0.2, 0.25) is 0 Å². The fourth-order valence-electron chi connectivity index (χ4n) is 1.37. The molecule has 0 aliphatic rings. The summed E-state index contributed by atoms with van der Waals surface area (Å²) in [5, 5.41) is 1.53. The van der Waals surface area contributed by atoms with Crippen molar-refractivity contribution >= 4 is 17.8 Å². The van der Waals surface area contributed by atoms with E-state index < -0.39 is 43.7 Å². The molecule has 0 heterocycles. The van der Waals surface area contributed by atoms with Crippen molar-refractivity contribution in [2.24, 2.45) is 5.73 Å². The average Bonchev–Trinajstić information content (AvgIpc) is 2.48. The molecular formula is C13H13F3N2O5. The van der Waals surface area contributed by atoms with E-state index in [0.717, 1.165) is 0 Å². The van der Waals surface area contributed by atoms with Crippen LogP contribution in [-0.2, 0) is 14.3 Å². The van der Waals surface area contributed by atoms with Crippen molar-refractivity contribution < 1.29 is 37.0 Å². The lowest BCUT2D eigenvalue weighted by Gasteiger charge is -2.10. The maximum Gasteiger partial charge on any atom is 0.405 e. The largest absolute Gasteiger partial charge is 0.481 e. The Balaban J connectivity index is 2.38. The van der Waals surface area contributed by atoms with Crippen LogP contribution in [-0.4, -0.2) is 43.7 Å². The number of carbonyl (C=O) groups is 3. The number of amides is 2. The molecule has 3 N–H and O–H groups in total. The third kappa shape index (κ3) is 7.16. The van der Waals surface area contributed by atoms with Crippen LogP contribution >= 0.6 is 0 Å². The molecule has 0 spiro atoms. The van der Waals surface area contributed by atoms with Crippen LogP contribution in [0.2, 0.25) is 0 Å². The van der Waals surface area contributed by atoms with Crippen molar-refractivity contribution in [2.75, 3.05) is 19.8 Å². The highest BCUT2D eigenvalue weighted by Gasteiger charge is 2.27. The van der Waals surface area contributed by atoms with E-state index in [9.17, 15) is 27.6 Å². The van der Waals surface area contributed by atoms with Gasteiger partial charge in [-0.05, 0) is 12.1 Å². The van der Waals surface area contributed by atoms with Crippen molar-refractivity contribution in [1.29, 1.82) is 0 Å². The first-order valence-electron chi connectivity index (χ1n) is 6.20. The minimum Gasteiger partial charge on any atom is -0.481 e. The van der Waals surface area contributed by atoms with E-state index in [2.05, 4.69) is 4.74 Å². The second-order valence-electron chi connectivity index (χ2n) is 4.20. The van der Waals surface area contributed by atoms with Crippen LogP contribution in [0.3, 0.4) is 0 Å². The summed E-state index contributed by atoms with van der Waals surface area (Å²) in [6.45, 7) is -3.04. The monoisotopic (exact) mass is 334 g/mol. The van der Waals surface area contributed by atoms with Crippen LogP contribution in [0.5, 0.6) is 5.75 Å². The van der Waals surface area contributed by atoms with E-state index in [0.29, 0.717) is 0 Å². The molecule has 1 aromatic rings. The summed E-state index contributed by atoms with van der Waals surface area (Å²) in [4.78, 5) is 33.5. The lowest BCUT2D eigenvalue weighted by molar-refractivity contribution is -0.152. The number of nitrogens with one attached hydrogen (secondary N) is 1. The number of primary amides is 1. The predicted octanol–water partition coefficient (Wildman–Crippen LogP) is 0.386. The molecule has 0 aliphatic carbocycles. The van der Waals surface area contributed by atoms with Crippen molar-refractivity contribution in [3.63, 3.8) is 0 Å². The van der Waals surface area contributed by atoms with Crippen molar-refractivity contribution in [2.45, 2.75) is 6.18 Å². The zero-order valence-corrected chi connectivity index (χ0v) is 11.7. The Bertz CT molecular complexity index is 589. The van der Waals surface area contributed by atoms with Crippen LogP contribution in [0, 0.1) is 0 Å². The smallest absolute Gasteiger partial charge is 0.405 e. The fourth-order valence-corrected chi connectivity index (χ4v) is 1.37. The summed E-state index contributed by atoms with van der Waals surface area (Å²) in [5.41, 5.74) is 5.15. The van der Waals surface area contributed by atoms with Gasteiger partial charge in [0, 0.05) is 0 Å². The summed E-state index contributed by atoms with van der Waals surface area (Å²) in [5.74, 6) is -2.82. The normalized spacial score (nSPS) is 10.7. The molecule has 0 fully saturated rings. The molecule has 23 heavy (non-hydrogen) atoms. The van der Waals surface area contributed by atoms with Crippen LogP contribution in [0.25, 0.3) is 0 Å². The fraction of sp³-hybridized carbons (Fsp3) is 0.308. The molecular weight excluding hydrogens is 321 g/mol. The molecule has 1 aromatic carbocycles. The number of rotatable bonds is 7. The molecule has 2 amide bonds. The predicted molar refractivity (Wildman–Crippen MR) is 70.5 cm³/mol. The summed E-state index contributed by atoms with van der Waals surface area (Å²) < 4.78 is 45.0. The molecule has 126 valence electrons. The first-order chi connectivity index (χ1) is 10.7.